The van der Waals surface area contributed by atoms with Gasteiger partial charge in [0, 0.05) is 50.4 Å². The topological polar surface area (TPSA) is 21.3 Å². The molecule has 2 aromatic heterocycles. The zero-order valence-corrected chi connectivity index (χ0v) is 31.8. The highest BCUT2D eigenvalue weighted by atomic mass is 16.3. The molecule has 11 aromatic rings. The fourth-order valence-corrected chi connectivity index (χ4v) is 8.77. The van der Waals surface area contributed by atoms with Gasteiger partial charge in [0.25, 0.3) is 0 Å². The van der Waals surface area contributed by atoms with Crippen molar-refractivity contribution in [3.8, 4) is 27.9 Å². The quantitative estimate of drug-likeness (QED) is 0.155. The predicted molar refractivity (Wildman–Crippen MR) is 243 cm³/mol. The largest absolute Gasteiger partial charge is 0.456 e. The lowest BCUT2D eigenvalue weighted by Crippen LogP contribution is -2.10. The smallest absolute Gasteiger partial charge is 0.137 e. The molecule has 9 aromatic carbocycles. The molecule has 0 aliphatic carbocycles. The summed E-state index contributed by atoms with van der Waals surface area (Å²) in [6.45, 7) is 0. The molecular weight excluding hydrogens is 705 g/mol. The molecule has 0 saturated carbocycles. The van der Waals surface area contributed by atoms with Crippen molar-refractivity contribution in [3.63, 3.8) is 0 Å². The number of aromatic nitrogens is 1. The standard InChI is InChI=1S/C55H38N2O/c1-4-16-38(17-5-1)34-40-20-10-11-23-45(40)46-31-28-42(35-50(46)39-18-6-2-7-19-39)56(44-29-32-49-48-25-13-15-27-54(48)58-55(49)37-44)43-30-33-53-51(36-43)47-24-12-14-26-52(47)57(53)41-21-8-3-9-22-41/h1-33,35-37H,34H2. The first-order valence-electron chi connectivity index (χ1n) is 19.9. The van der Waals surface area contributed by atoms with Gasteiger partial charge in [0.2, 0.25) is 0 Å². The third kappa shape index (κ3) is 5.84. The van der Waals surface area contributed by atoms with Crippen molar-refractivity contribution in [1.82, 2.24) is 4.57 Å². The van der Waals surface area contributed by atoms with Gasteiger partial charge in [-0.3, -0.25) is 0 Å². The molecule has 2 heterocycles. The van der Waals surface area contributed by atoms with E-state index in [1.807, 2.05) is 12.1 Å². The summed E-state index contributed by atoms with van der Waals surface area (Å²) in [4.78, 5) is 2.38. The highest BCUT2D eigenvalue weighted by Crippen LogP contribution is 2.44. The van der Waals surface area contributed by atoms with E-state index in [9.17, 15) is 0 Å². The Balaban J connectivity index is 1.14. The van der Waals surface area contributed by atoms with Crippen LogP contribution in [0.1, 0.15) is 11.1 Å². The Morgan fingerprint density at radius 3 is 1.83 bits per heavy atom. The van der Waals surface area contributed by atoms with Crippen LogP contribution in [0.3, 0.4) is 0 Å². The van der Waals surface area contributed by atoms with Crippen molar-refractivity contribution in [2.75, 3.05) is 4.90 Å². The van der Waals surface area contributed by atoms with Crippen LogP contribution in [-0.2, 0) is 6.42 Å². The number of nitrogens with zero attached hydrogens (tertiary/aromatic N) is 2. The molecule has 58 heavy (non-hydrogen) atoms. The number of furan rings is 1. The third-order valence-electron chi connectivity index (χ3n) is 11.4. The number of para-hydroxylation sites is 3. The number of benzene rings is 9. The molecule has 0 radical (unpaired) electrons. The zero-order valence-electron chi connectivity index (χ0n) is 31.8. The van der Waals surface area contributed by atoms with E-state index in [0.717, 1.165) is 51.1 Å². The Morgan fingerprint density at radius 2 is 0.983 bits per heavy atom. The minimum Gasteiger partial charge on any atom is -0.456 e. The van der Waals surface area contributed by atoms with Gasteiger partial charge < -0.3 is 13.9 Å². The highest BCUT2D eigenvalue weighted by Gasteiger charge is 2.21. The number of anilines is 3. The van der Waals surface area contributed by atoms with Crippen LogP contribution >= 0.6 is 0 Å². The summed E-state index contributed by atoms with van der Waals surface area (Å²) >= 11 is 0. The second-order valence-corrected chi connectivity index (χ2v) is 14.9. The summed E-state index contributed by atoms with van der Waals surface area (Å²) in [5, 5.41) is 4.64. The second kappa shape index (κ2) is 14.1. The maximum Gasteiger partial charge on any atom is 0.137 e. The molecule has 0 atom stereocenters. The molecule has 0 aliphatic heterocycles. The Hall–Kier alpha value is -7.62. The molecule has 0 bridgehead atoms. The van der Waals surface area contributed by atoms with Gasteiger partial charge >= 0.3 is 0 Å². The molecule has 0 N–H and O–H groups in total. The molecule has 0 saturated heterocycles. The first kappa shape index (κ1) is 33.7. The minimum atomic E-state index is 0.854. The highest BCUT2D eigenvalue weighted by molar-refractivity contribution is 6.11. The fourth-order valence-electron chi connectivity index (χ4n) is 8.77. The van der Waals surface area contributed by atoms with Gasteiger partial charge in [0.1, 0.15) is 11.2 Å². The number of hydrogen-bond donors (Lipinski definition) is 0. The summed E-state index contributed by atoms with van der Waals surface area (Å²) in [5.41, 5.74) is 15.8. The van der Waals surface area contributed by atoms with E-state index in [4.69, 9.17) is 4.42 Å². The fraction of sp³-hybridized carbons (Fsp3) is 0.0182. The molecule has 3 heteroatoms. The normalized spacial score (nSPS) is 11.5. The van der Waals surface area contributed by atoms with Crippen LogP contribution in [0.25, 0.3) is 71.7 Å². The molecule has 11 rings (SSSR count). The molecular formula is C55H38N2O. The van der Waals surface area contributed by atoms with Crippen LogP contribution in [-0.4, -0.2) is 4.57 Å². The van der Waals surface area contributed by atoms with Crippen molar-refractivity contribution in [1.29, 1.82) is 0 Å². The van der Waals surface area contributed by atoms with E-state index in [1.54, 1.807) is 0 Å². The van der Waals surface area contributed by atoms with Gasteiger partial charge in [0.15, 0.2) is 0 Å². The van der Waals surface area contributed by atoms with E-state index in [2.05, 4.69) is 216 Å². The Bertz CT molecular complexity index is 3250. The van der Waals surface area contributed by atoms with Crippen LogP contribution < -0.4 is 4.90 Å². The van der Waals surface area contributed by atoms with E-state index in [0.29, 0.717) is 0 Å². The van der Waals surface area contributed by atoms with Crippen molar-refractivity contribution < 1.29 is 4.42 Å². The van der Waals surface area contributed by atoms with Crippen molar-refractivity contribution in [3.05, 3.63) is 230 Å². The van der Waals surface area contributed by atoms with Crippen molar-refractivity contribution >= 4 is 60.8 Å². The third-order valence-corrected chi connectivity index (χ3v) is 11.4. The lowest BCUT2D eigenvalue weighted by Gasteiger charge is -2.27. The van der Waals surface area contributed by atoms with E-state index < -0.39 is 0 Å². The number of rotatable bonds is 8. The van der Waals surface area contributed by atoms with Crippen LogP contribution in [0, 0.1) is 0 Å². The summed E-state index contributed by atoms with van der Waals surface area (Å²) in [6, 6.07) is 78.5. The Morgan fingerprint density at radius 1 is 0.379 bits per heavy atom. The Kier molecular flexibility index (Phi) is 8.22. The first-order chi connectivity index (χ1) is 28.8. The summed E-state index contributed by atoms with van der Waals surface area (Å²) in [5.74, 6) is 0. The second-order valence-electron chi connectivity index (χ2n) is 14.9. The van der Waals surface area contributed by atoms with Crippen molar-refractivity contribution in [2.45, 2.75) is 6.42 Å². The molecule has 0 unspecified atom stereocenters. The van der Waals surface area contributed by atoms with Crippen LogP contribution in [0.4, 0.5) is 17.1 Å². The number of hydrogen-bond acceptors (Lipinski definition) is 2. The van der Waals surface area contributed by atoms with Gasteiger partial charge in [-0.2, -0.15) is 0 Å². The first-order valence-corrected chi connectivity index (χ1v) is 19.9. The zero-order chi connectivity index (χ0) is 38.4. The van der Waals surface area contributed by atoms with Crippen LogP contribution in [0.5, 0.6) is 0 Å². The van der Waals surface area contributed by atoms with Crippen LogP contribution in [0.15, 0.2) is 223 Å². The molecule has 0 amide bonds. The van der Waals surface area contributed by atoms with Gasteiger partial charge in [-0.25, -0.2) is 0 Å². The monoisotopic (exact) mass is 742 g/mol. The van der Waals surface area contributed by atoms with Gasteiger partial charge in [-0.05, 0) is 107 Å². The van der Waals surface area contributed by atoms with E-state index in [1.165, 1.54) is 55.2 Å². The van der Waals surface area contributed by atoms with E-state index >= 15 is 0 Å². The minimum absolute atomic E-state index is 0.854. The lowest BCUT2D eigenvalue weighted by molar-refractivity contribution is 0.669. The molecule has 3 nitrogen and oxygen atoms in total. The van der Waals surface area contributed by atoms with Crippen molar-refractivity contribution in [2.24, 2.45) is 0 Å². The summed E-state index contributed by atoms with van der Waals surface area (Å²) in [6.07, 6.45) is 0.854. The average molecular weight is 743 g/mol. The molecule has 0 spiro atoms. The summed E-state index contributed by atoms with van der Waals surface area (Å²) in [7, 11) is 0. The Labute approximate surface area is 337 Å². The molecule has 274 valence electrons. The molecule has 0 aliphatic rings. The summed E-state index contributed by atoms with van der Waals surface area (Å²) < 4.78 is 8.87. The molecule has 0 fully saturated rings. The predicted octanol–water partition coefficient (Wildman–Crippen LogP) is 15.1. The van der Waals surface area contributed by atoms with Gasteiger partial charge in [-0.1, -0.05) is 146 Å². The average Bonchev–Trinajstić information content (AvgIpc) is 3.83. The number of fused-ring (bicyclic) bond motifs is 6. The maximum atomic E-state index is 6.50. The van der Waals surface area contributed by atoms with E-state index in [-0.39, 0.29) is 0 Å². The van der Waals surface area contributed by atoms with Gasteiger partial charge in [-0.15, -0.1) is 0 Å². The SMILES string of the molecule is c1ccc(Cc2ccccc2-c2ccc(N(c3ccc4c(c3)oc3ccccc34)c3ccc4c(c3)c3ccccc3n4-c3ccccc3)cc2-c2ccccc2)cc1. The van der Waals surface area contributed by atoms with Crippen LogP contribution in [0.2, 0.25) is 0 Å². The lowest BCUT2D eigenvalue weighted by atomic mass is 9.89. The van der Waals surface area contributed by atoms with Gasteiger partial charge in [0.05, 0.1) is 11.0 Å². The maximum absolute atomic E-state index is 6.50.